The van der Waals surface area contributed by atoms with Crippen LogP contribution in [0.3, 0.4) is 0 Å². The average molecular weight is 223 g/mol. The summed E-state index contributed by atoms with van der Waals surface area (Å²) in [5.74, 6) is -2.60. The van der Waals surface area contributed by atoms with E-state index >= 15 is 0 Å². The molecule has 0 fully saturated rings. The Balaban J connectivity index is 3.98. The number of carboxylic acid groups (broad SMARTS) is 1. The first-order valence-electron chi connectivity index (χ1n) is 4.02. The Morgan fingerprint density at radius 3 is 2.27 bits per heavy atom. The van der Waals surface area contributed by atoms with Gasteiger partial charge < -0.3 is 30.9 Å². The van der Waals surface area contributed by atoms with Gasteiger partial charge in [-0.3, -0.25) is 4.79 Å². The van der Waals surface area contributed by atoms with Crippen LogP contribution in [0.1, 0.15) is 0 Å². The van der Waals surface area contributed by atoms with Gasteiger partial charge in [-0.1, -0.05) is 0 Å². The van der Waals surface area contributed by atoms with Crippen LogP contribution in [0.4, 0.5) is 0 Å². The summed E-state index contributed by atoms with van der Waals surface area (Å²) in [5.41, 5.74) is 5.00. The summed E-state index contributed by atoms with van der Waals surface area (Å²) in [6, 6.07) is -1.40. The van der Waals surface area contributed by atoms with Gasteiger partial charge in [0.2, 0.25) is 0 Å². The van der Waals surface area contributed by atoms with Crippen molar-refractivity contribution in [3.8, 4) is 0 Å². The van der Waals surface area contributed by atoms with Crippen molar-refractivity contribution < 1.29 is 34.8 Å². The van der Waals surface area contributed by atoms with Crippen LogP contribution < -0.4 is 5.73 Å². The molecule has 8 heteroatoms. The summed E-state index contributed by atoms with van der Waals surface area (Å²) in [6.07, 6.45) is -3.59. The lowest BCUT2D eigenvalue weighted by atomic mass is 10.2. The molecule has 0 spiro atoms. The van der Waals surface area contributed by atoms with E-state index in [1.807, 2.05) is 0 Å². The highest BCUT2D eigenvalue weighted by atomic mass is 16.6. The predicted molar refractivity (Wildman–Crippen MR) is 45.7 cm³/mol. The molecule has 0 aromatic rings. The molecule has 0 unspecified atom stereocenters. The smallest absolute Gasteiger partial charge is 0.337 e. The number of hydrogen-bond donors (Lipinski definition) is 5. The van der Waals surface area contributed by atoms with Gasteiger partial charge in [-0.05, 0) is 0 Å². The van der Waals surface area contributed by atoms with Crippen molar-refractivity contribution in [2.75, 3.05) is 13.2 Å². The second kappa shape index (κ2) is 6.30. The molecule has 0 saturated carbocycles. The van der Waals surface area contributed by atoms with Gasteiger partial charge in [0, 0.05) is 0 Å². The Bertz CT molecular complexity index is 231. The molecule has 88 valence electrons. The van der Waals surface area contributed by atoms with Crippen LogP contribution in [0.2, 0.25) is 0 Å². The number of aliphatic carboxylic acids is 1. The van der Waals surface area contributed by atoms with Crippen molar-refractivity contribution in [1.29, 1.82) is 0 Å². The third-order valence-electron chi connectivity index (χ3n) is 1.52. The van der Waals surface area contributed by atoms with Gasteiger partial charge in [-0.2, -0.15) is 0 Å². The number of carbonyl (C=O) groups is 2. The van der Waals surface area contributed by atoms with E-state index < -0.39 is 43.4 Å². The van der Waals surface area contributed by atoms with Crippen molar-refractivity contribution in [2.45, 2.75) is 18.2 Å². The molecular weight excluding hydrogens is 210 g/mol. The van der Waals surface area contributed by atoms with Crippen molar-refractivity contribution in [2.24, 2.45) is 5.73 Å². The zero-order chi connectivity index (χ0) is 12.0. The molecule has 0 amide bonds. The lowest BCUT2D eigenvalue weighted by molar-refractivity contribution is -0.162. The van der Waals surface area contributed by atoms with Gasteiger partial charge in [0.1, 0.15) is 18.8 Å². The van der Waals surface area contributed by atoms with Crippen LogP contribution in [-0.2, 0) is 14.3 Å². The van der Waals surface area contributed by atoms with Crippen LogP contribution in [-0.4, -0.2) is 63.8 Å². The maximum Gasteiger partial charge on any atom is 0.337 e. The lowest BCUT2D eigenvalue weighted by Crippen LogP contribution is -2.41. The maximum atomic E-state index is 10.9. The number of aliphatic hydroxyl groups excluding tert-OH is 3. The minimum Gasteiger partial charge on any atom is -0.480 e. The number of carboxylic acids is 1. The van der Waals surface area contributed by atoms with Gasteiger partial charge in [0.15, 0.2) is 6.10 Å². The van der Waals surface area contributed by atoms with Gasteiger partial charge in [-0.15, -0.1) is 0 Å². The molecule has 0 aromatic carbocycles. The van der Waals surface area contributed by atoms with Crippen molar-refractivity contribution in [1.82, 2.24) is 0 Å². The Morgan fingerprint density at radius 2 is 1.87 bits per heavy atom. The molecule has 0 heterocycles. The first kappa shape index (κ1) is 13.8. The average Bonchev–Trinajstić information content (AvgIpc) is 2.22. The first-order chi connectivity index (χ1) is 6.90. The van der Waals surface area contributed by atoms with Gasteiger partial charge in [0.25, 0.3) is 0 Å². The molecule has 0 aromatic heterocycles. The molecule has 0 saturated heterocycles. The van der Waals surface area contributed by atoms with E-state index in [1.54, 1.807) is 0 Å². The van der Waals surface area contributed by atoms with E-state index in [9.17, 15) is 9.59 Å². The fraction of sp³-hybridized carbons (Fsp3) is 0.714. The molecule has 0 aliphatic rings. The van der Waals surface area contributed by atoms with E-state index in [4.69, 9.17) is 26.2 Å². The van der Waals surface area contributed by atoms with E-state index in [1.165, 1.54) is 0 Å². The van der Waals surface area contributed by atoms with Gasteiger partial charge in [-0.25, -0.2) is 4.79 Å². The van der Waals surface area contributed by atoms with Crippen molar-refractivity contribution in [3.63, 3.8) is 0 Å². The highest BCUT2D eigenvalue weighted by Crippen LogP contribution is 1.96. The predicted octanol–water partition coefficient (Wildman–Crippen LogP) is -3.34. The summed E-state index contributed by atoms with van der Waals surface area (Å²) < 4.78 is 4.28. The minimum absolute atomic E-state index is 0.622. The van der Waals surface area contributed by atoms with Crippen LogP contribution in [0.15, 0.2) is 0 Å². The number of rotatable bonds is 6. The van der Waals surface area contributed by atoms with E-state index in [2.05, 4.69) is 4.74 Å². The summed E-state index contributed by atoms with van der Waals surface area (Å²) in [7, 11) is 0. The third kappa shape index (κ3) is 4.70. The molecule has 0 aliphatic heterocycles. The molecule has 0 radical (unpaired) electrons. The number of aliphatic hydroxyl groups is 3. The fourth-order valence-electron chi connectivity index (χ4n) is 0.586. The molecule has 6 N–H and O–H groups in total. The summed E-state index contributed by atoms with van der Waals surface area (Å²) in [4.78, 5) is 21.1. The quantitative estimate of drug-likeness (QED) is 0.293. The summed E-state index contributed by atoms with van der Waals surface area (Å²) in [6.45, 7) is -1.44. The highest BCUT2D eigenvalue weighted by molar-refractivity contribution is 5.77. The molecular formula is C7H13NO7. The van der Waals surface area contributed by atoms with Crippen LogP contribution in [0, 0.1) is 0 Å². The van der Waals surface area contributed by atoms with E-state index in [0.717, 1.165) is 0 Å². The Kier molecular flexibility index (Phi) is 5.79. The van der Waals surface area contributed by atoms with Crippen molar-refractivity contribution in [3.05, 3.63) is 0 Å². The number of nitrogens with two attached hydrogens (primary N) is 1. The molecule has 0 rings (SSSR count). The van der Waals surface area contributed by atoms with Gasteiger partial charge in [0.05, 0.1) is 6.61 Å². The molecule has 8 nitrogen and oxygen atoms in total. The zero-order valence-corrected chi connectivity index (χ0v) is 7.74. The van der Waals surface area contributed by atoms with Crippen LogP contribution in [0.5, 0.6) is 0 Å². The number of esters is 1. The van der Waals surface area contributed by atoms with Crippen molar-refractivity contribution >= 4 is 11.9 Å². The Hall–Kier alpha value is -1.22. The zero-order valence-electron chi connectivity index (χ0n) is 7.74. The third-order valence-corrected chi connectivity index (χ3v) is 1.52. The summed E-state index contributed by atoms with van der Waals surface area (Å²) in [5, 5.41) is 34.5. The second-order valence-corrected chi connectivity index (χ2v) is 2.77. The topological polar surface area (TPSA) is 150 Å². The van der Waals surface area contributed by atoms with Crippen LogP contribution in [0.25, 0.3) is 0 Å². The monoisotopic (exact) mass is 223 g/mol. The standard InChI is InChI=1S/C7H13NO7/c8-3(6(12)13)2-15-7(14)5(11)4(10)1-9/h3-5,9-11H,1-2,8H2,(H,12,13)/t3-,4+,5-/m0/s1. The fourth-order valence-corrected chi connectivity index (χ4v) is 0.586. The normalized spacial score (nSPS) is 16.5. The highest BCUT2D eigenvalue weighted by Gasteiger charge is 2.26. The van der Waals surface area contributed by atoms with E-state index in [0.29, 0.717) is 0 Å². The summed E-state index contributed by atoms with van der Waals surface area (Å²) >= 11 is 0. The number of hydrogen-bond acceptors (Lipinski definition) is 7. The molecule has 0 bridgehead atoms. The molecule has 15 heavy (non-hydrogen) atoms. The number of carbonyl (C=O) groups excluding carboxylic acids is 1. The Morgan fingerprint density at radius 1 is 1.33 bits per heavy atom. The molecule has 3 atom stereocenters. The molecule has 0 aliphatic carbocycles. The maximum absolute atomic E-state index is 10.9. The SMILES string of the molecule is N[C@@H](COC(=O)[C@@H](O)[C@H](O)CO)C(=O)O. The minimum atomic E-state index is -1.92. The second-order valence-electron chi connectivity index (χ2n) is 2.77. The number of ether oxygens (including phenoxy) is 1. The first-order valence-corrected chi connectivity index (χ1v) is 4.02. The largest absolute Gasteiger partial charge is 0.480 e. The Labute approximate surface area is 84.9 Å². The van der Waals surface area contributed by atoms with E-state index in [-0.39, 0.29) is 0 Å². The lowest BCUT2D eigenvalue weighted by Gasteiger charge is -2.15. The van der Waals surface area contributed by atoms with Gasteiger partial charge >= 0.3 is 11.9 Å². The van der Waals surface area contributed by atoms with Crippen LogP contribution >= 0.6 is 0 Å².